The Bertz CT molecular complexity index is 2020. The molecule has 3 fully saturated rings. The number of rotatable bonds is 12. The number of fused-ring (bicyclic) bond motifs is 3. The van der Waals surface area contributed by atoms with Crippen molar-refractivity contribution in [2.75, 3.05) is 13.2 Å². The van der Waals surface area contributed by atoms with Gasteiger partial charge in [0.05, 0.1) is 31.2 Å². The largest absolute Gasteiger partial charge is 0.459 e. The van der Waals surface area contributed by atoms with Crippen molar-refractivity contribution in [3.05, 3.63) is 131 Å². The molecule has 0 bridgehead atoms. The first kappa shape index (κ1) is 38.5. The lowest BCUT2D eigenvalue weighted by molar-refractivity contribution is -0.143. The minimum absolute atomic E-state index is 0.000699. The second kappa shape index (κ2) is 16.3. The van der Waals surface area contributed by atoms with Gasteiger partial charge in [0.1, 0.15) is 18.1 Å². The van der Waals surface area contributed by atoms with Gasteiger partial charge < -0.3 is 18.7 Å². The first-order valence-corrected chi connectivity index (χ1v) is 22.5. The Morgan fingerprint density at radius 1 is 0.839 bits per heavy atom. The predicted octanol–water partition coefficient (Wildman–Crippen LogP) is 8.32. The molecule has 4 atom stereocenters. The van der Waals surface area contributed by atoms with Crippen molar-refractivity contribution in [3.8, 4) is 0 Å². The molecular formula is C48H55NO6Si. The van der Waals surface area contributed by atoms with Gasteiger partial charge in [-0.1, -0.05) is 131 Å². The monoisotopic (exact) mass is 769 g/mol. The molecule has 8 rings (SSSR count). The summed E-state index contributed by atoms with van der Waals surface area (Å²) in [5, 5.41) is 11.9. The highest BCUT2D eigenvalue weighted by molar-refractivity contribution is 6.99. The summed E-state index contributed by atoms with van der Waals surface area (Å²) in [6.45, 7) is 7.52. The summed E-state index contributed by atoms with van der Waals surface area (Å²) in [5.74, 6) is 0.275. The van der Waals surface area contributed by atoms with Crippen molar-refractivity contribution in [2.45, 2.75) is 95.9 Å². The number of allylic oxidation sites excluding steroid dienone is 1. The van der Waals surface area contributed by atoms with Gasteiger partial charge in [-0.25, -0.2) is 0 Å². The van der Waals surface area contributed by atoms with Crippen LogP contribution in [0.15, 0.2) is 119 Å². The number of aliphatic hydroxyl groups excluding tert-OH is 1. The second-order valence-corrected chi connectivity index (χ2v) is 21.5. The van der Waals surface area contributed by atoms with Crippen LogP contribution in [0.5, 0.6) is 0 Å². The predicted molar refractivity (Wildman–Crippen MR) is 222 cm³/mol. The van der Waals surface area contributed by atoms with Crippen LogP contribution in [-0.4, -0.2) is 55.5 Å². The van der Waals surface area contributed by atoms with Crippen molar-refractivity contribution in [3.63, 3.8) is 0 Å². The van der Waals surface area contributed by atoms with Gasteiger partial charge in [-0.2, -0.15) is 0 Å². The van der Waals surface area contributed by atoms with Gasteiger partial charge in [0, 0.05) is 12.0 Å². The summed E-state index contributed by atoms with van der Waals surface area (Å²) in [7, 11) is -2.90. The van der Waals surface area contributed by atoms with Gasteiger partial charge in [0.25, 0.3) is 8.32 Å². The molecule has 3 heterocycles. The highest BCUT2D eigenvalue weighted by Gasteiger charge is 2.59. The molecule has 0 spiro atoms. The standard InChI is InChI=1S/C48H55NO6Si/c1-48(2,3)56(39-20-12-6-13-21-39,40-22-14-7-15-23-40)54-31-35-29-41-45(47(52)49(46(41)51)36-18-10-5-11-19-36)42-32-53-43(44(35)42)27-24-34(33-16-8-4-9-17-33)28-37-25-26-38(30-50)55-37/h4,6-9,12-17,20-23,25-26,28,36,41-43,45,50H,5,10-11,18-19,24,27,29-32H2,1-3H3/b34-28-/t41-,42+,43-,45-/m1/s1. The van der Waals surface area contributed by atoms with E-state index in [1.807, 2.05) is 24.3 Å². The number of hydrogen-bond acceptors (Lipinski definition) is 6. The van der Waals surface area contributed by atoms with Crippen molar-refractivity contribution in [2.24, 2.45) is 17.8 Å². The van der Waals surface area contributed by atoms with Crippen LogP contribution in [0, 0.1) is 17.8 Å². The zero-order valence-electron chi connectivity index (χ0n) is 33.0. The van der Waals surface area contributed by atoms with E-state index in [9.17, 15) is 14.7 Å². The van der Waals surface area contributed by atoms with Crippen LogP contribution in [0.3, 0.4) is 0 Å². The van der Waals surface area contributed by atoms with Crippen molar-refractivity contribution < 1.29 is 28.3 Å². The smallest absolute Gasteiger partial charge is 0.261 e. The average molecular weight is 770 g/mol. The molecule has 1 saturated carbocycles. The molecule has 8 heteroatoms. The maximum absolute atomic E-state index is 14.5. The Morgan fingerprint density at radius 3 is 2.09 bits per heavy atom. The third-order valence-corrected chi connectivity index (χ3v) is 17.8. The van der Waals surface area contributed by atoms with Crippen LogP contribution >= 0.6 is 0 Å². The molecule has 3 aromatic carbocycles. The van der Waals surface area contributed by atoms with Crippen LogP contribution in [-0.2, 0) is 25.4 Å². The lowest BCUT2D eigenvalue weighted by Gasteiger charge is -2.44. The molecule has 292 valence electrons. The Hall–Kier alpha value is -4.34. The van der Waals surface area contributed by atoms with Crippen molar-refractivity contribution in [1.29, 1.82) is 0 Å². The number of likely N-dealkylation sites (tertiary alicyclic amines) is 1. The normalized spacial score (nSPS) is 23.5. The van der Waals surface area contributed by atoms with Gasteiger partial charge in [-0.3, -0.25) is 14.5 Å². The number of imide groups is 1. The highest BCUT2D eigenvalue weighted by atomic mass is 28.4. The number of amides is 2. The molecule has 2 aliphatic carbocycles. The summed E-state index contributed by atoms with van der Waals surface area (Å²) in [6.07, 6.45) is 8.83. The average Bonchev–Trinajstić information content (AvgIpc) is 3.93. The van der Waals surface area contributed by atoms with E-state index in [1.165, 1.54) is 15.9 Å². The van der Waals surface area contributed by atoms with E-state index in [4.69, 9.17) is 13.6 Å². The van der Waals surface area contributed by atoms with Crippen LogP contribution in [0.4, 0.5) is 0 Å². The molecule has 0 radical (unpaired) electrons. The molecule has 4 aliphatic rings. The second-order valence-electron chi connectivity index (χ2n) is 17.2. The minimum Gasteiger partial charge on any atom is -0.459 e. The molecule has 4 aromatic rings. The third kappa shape index (κ3) is 7.21. The summed E-state index contributed by atoms with van der Waals surface area (Å²) in [5.41, 5.74) is 4.49. The van der Waals surface area contributed by atoms with E-state index in [-0.39, 0.29) is 41.5 Å². The summed E-state index contributed by atoms with van der Waals surface area (Å²) >= 11 is 0. The van der Waals surface area contributed by atoms with Crippen molar-refractivity contribution in [1.82, 2.24) is 4.90 Å². The summed E-state index contributed by atoms with van der Waals surface area (Å²) < 4.78 is 20.2. The Labute approximate surface area is 332 Å². The fraction of sp³-hybridized carbons (Fsp3) is 0.417. The fourth-order valence-electron chi connectivity index (χ4n) is 10.3. The van der Waals surface area contributed by atoms with Gasteiger partial charge in [-0.05, 0) is 88.0 Å². The molecule has 2 saturated heterocycles. The maximum atomic E-state index is 14.5. The Kier molecular flexibility index (Phi) is 11.2. The first-order chi connectivity index (χ1) is 27.2. The van der Waals surface area contributed by atoms with E-state index in [2.05, 4.69) is 99.6 Å². The van der Waals surface area contributed by atoms with Crippen LogP contribution in [0.25, 0.3) is 11.6 Å². The first-order valence-electron chi connectivity index (χ1n) is 20.6. The molecule has 2 aliphatic heterocycles. The zero-order valence-corrected chi connectivity index (χ0v) is 34.0. The van der Waals surface area contributed by atoms with Gasteiger partial charge in [0.2, 0.25) is 11.8 Å². The highest BCUT2D eigenvalue weighted by Crippen LogP contribution is 2.51. The molecule has 2 amide bonds. The summed E-state index contributed by atoms with van der Waals surface area (Å²) in [4.78, 5) is 30.6. The zero-order chi connectivity index (χ0) is 38.9. The van der Waals surface area contributed by atoms with E-state index in [0.29, 0.717) is 44.0 Å². The van der Waals surface area contributed by atoms with Crippen LogP contribution in [0.2, 0.25) is 5.04 Å². The fourth-order valence-corrected chi connectivity index (χ4v) is 14.8. The molecule has 1 aromatic heterocycles. The Balaban J connectivity index is 1.17. The van der Waals surface area contributed by atoms with Crippen molar-refractivity contribution >= 4 is 42.2 Å². The number of benzene rings is 3. The van der Waals surface area contributed by atoms with E-state index >= 15 is 0 Å². The van der Waals surface area contributed by atoms with Crippen LogP contribution in [0.1, 0.15) is 89.2 Å². The maximum Gasteiger partial charge on any atom is 0.261 e. The van der Waals surface area contributed by atoms with Gasteiger partial charge in [-0.15, -0.1) is 0 Å². The number of carbonyl (C=O) groups excluding carboxylic acids is 2. The topological polar surface area (TPSA) is 89.2 Å². The number of hydrogen-bond donors (Lipinski definition) is 1. The van der Waals surface area contributed by atoms with Crippen LogP contribution < -0.4 is 10.4 Å². The van der Waals surface area contributed by atoms with Gasteiger partial charge >= 0.3 is 0 Å². The molecule has 0 unspecified atom stereocenters. The third-order valence-electron chi connectivity index (χ3n) is 12.8. The Morgan fingerprint density at radius 2 is 1.48 bits per heavy atom. The minimum atomic E-state index is -2.90. The summed E-state index contributed by atoms with van der Waals surface area (Å²) in [6, 6.07) is 35.4. The lowest BCUT2D eigenvalue weighted by Crippen LogP contribution is -2.66. The van der Waals surface area contributed by atoms with Gasteiger partial charge in [0.15, 0.2) is 0 Å². The number of furan rings is 1. The molecule has 1 N–H and O–H groups in total. The quantitative estimate of drug-likeness (QED) is 0.0887. The molecule has 56 heavy (non-hydrogen) atoms. The number of carbonyl (C=O) groups is 2. The number of aliphatic hydroxyl groups is 1. The van der Waals surface area contributed by atoms with E-state index in [0.717, 1.165) is 48.8 Å². The number of nitrogens with zero attached hydrogens (tertiary/aromatic N) is 1. The lowest BCUT2D eigenvalue weighted by atomic mass is 9.69. The molecular weight excluding hydrogens is 715 g/mol. The molecule has 7 nitrogen and oxygen atoms in total. The SMILES string of the molecule is CC(C)(C)[Si](OCC1=C2[C@@H](CC/C(=C/c3ccc(CO)o3)c3ccccc3)OC[C@@H]2[C@@H]2C(=O)N(C3CCCCC3)C(=O)[C@@H]2C1)(c1ccccc1)c1ccccc1. The van der Waals surface area contributed by atoms with E-state index < -0.39 is 20.2 Å². The number of ether oxygens (including phenoxy) is 1. The van der Waals surface area contributed by atoms with E-state index in [1.54, 1.807) is 11.0 Å².